The normalized spacial score (nSPS) is 11.8. The summed E-state index contributed by atoms with van der Waals surface area (Å²) in [6.45, 7) is 0. The zero-order valence-corrected chi connectivity index (χ0v) is 13.8. The molecule has 130 valence electrons. The van der Waals surface area contributed by atoms with Crippen LogP contribution in [0.25, 0.3) is 28.2 Å². The zero-order chi connectivity index (χ0) is 18.3. The van der Waals surface area contributed by atoms with Crippen molar-refractivity contribution in [1.82, 2.24) is 14.4 Å². The Hall–Kier alpha value is -3.22. The maximum Gasteiger partial charge on any atom is 0.416 e. The fraction of sp³-hybridized carbons (Fsp3) is 0.105. The van der Waals surface area contributed by atoms with Gasteiger partial charge in [-0.3, -0.25) is 4.98 Å². The Bertz CT molecular complexity index is 1100. The van der Waals surface area contributed by atoms with Crippen LogP contribution in [0.2, 0.25) is 0 Å². The molecule has 0 bridgehead atoms. The summed E-state index contributed by atoms with van der Waals surface area (Å²) >= 11 is 0. The van der Waals surface area contributed by atoms with Crippen LogP contribution >= 0.6 is 0 Å². The van der Waals surface area contributed by atoms with E-state index in [4.69, 9.17) is 0 Å². The lowest BCUT2D eigenvalue weighted by atomic mass is 10.00. The first-order valence-electron chi connectivity index (χ1n) is 7.89. The fourth-order valence-corrected chi connectivity index (χ4v) is 2.91. The lowest BCUT2D eigenvalue weighted by Gasteiger charge is -2.11. The van der Waals surface area contributed by atoms with Crippen molar-refractivity contribution < 1.29 is 17.7 Å². The summed E-state index contributed by atoms with van der Waals surface area (Å²) in [5.41, 5.74) is 1.69. The van der Waals surface area contributed by atoms with E-state index < -0.39 is 11.7 Å². The largest absolute Gasteiger partial charge is 0.416 e. The van der Waals surface area contributed by atoms with Gasteiger partial charge in [0.1, 0.15) is 12.4 Å². The van der Waals surface area contributed by atoms with Crippen molar-refractivity contribution in [1.29, 1.82) is 0 Å². The number of halogens is 3. The molecule has 4 nitrogen and oxygen atoms in total. The van der Waals surface area contributed by atoms with Crippen LogP contribution in [0.5, 0.6) is 0 Å². The smallest absolute Gasteiger partial charge is 0.256 e. The Labute approximate surface area is 147 Å². The van der Waals surface area contributed by atoms with E-state index in [0.717, 1.165) is 29.0 Å². The molecule has 0 amide bonds. The predicted molar refractivity (Wildman–Crippen MR) is 90.0 cm³/mol. The summed E-state index contributed by atoms with van der Waals surface area (Å²) in [4.78, 5) is 8.75. The van der Waals surface area contributed by atoms with Crippen LogP contribution in [-0.4, -0.2) is 14.4 Å². The Morgan fingerprint density at radius 3 is 2.69 bits per heavy atom. The first kappa shape index (κ1) is 16.3. The van der Waals surface area contributed by atoms with Gasteiger partial charge < -0.3 is 0 Å². The molecule has 0 N–H and O–H groups in total. The molecular weight excluding hydrogens is 341 g/mol. The fourth-order valence-electron chi connectivity index (χ4n) is 2.91. The molecule has 3 heterocycles. The van der Waals surface area contributed by atoms with Crippen molar-refractivity contribution in [2.75, 3.05) is 0 Å². The molecule has 26 heavy (non-hydrogen) atoms. The number of hydrogen-bond acceptors (Lipinski definition) is 2. The summed E-state index contributed by atoms with van der Waals surface area (Å²) in [6, 6.07) is 8.78. The highest BCUT2D eigenvalue weighted by Crippen LogP contribution is 2.34. The monoisotopic (exact) mass is 355 g/mol. The summed E-state index contributed by atoms with van der Waals surface area (Å²) in [5, 5.41) is 0. The van der Waals surface area contributed by atoms with Crippen LogP contribution in [0, 0.1) is 0 Å². The molecular formula is C19H14F3N4+. The quantitative estimate of drug-likeness (QED) is 0.511. The maximum absolute atomic E-state index is 13.0. The highest BCUT2D eigenvalue weighted by molar-refractivity contribution is 5.80. The minimum absolute atomic E-state index is 0.411. The number of pyridine rings is 1. The van der Waals surface area contributed by atoms with Gasteiger partial charge in [0, 0.05) is 17.3 Å². The number of aromatic nitrogens is 4. The third-order valence-electron chi connectivity index (χ3n) is 4.18. The average Bonchev–Trinajstić information content (AvgIpc) is 3.01. The van der Waals surface area contributed by atoms with E-state index in [9.17, 15) is 13.2 Å². The van der Waals surface area contributed by atoms with Crippen molar-refractivity contribution in [3.63, 3.8) is 0 Å². The van der Waals surface area contributed by atoms with Crippen LogP contribution < -0.4 is 4.57 Å². The number of nitrogens with zero attached hydrogens (tertiary/aromatic N) is 4. The SMILES string of the molecule is C[n+]1ccn2cc(-c3cccnc3-c3cccc(C(F)(F)F)c3)cnc21. The van der Waals surface area contributed by atoms with E-state index in [0.29, 0.717) is 11.3 Å². The first-order chi connectivity index (χ1) is 12.4. The second-order valence-electron chi connectivity index (χ2n) is 5.94. The zero-order valence-electron chi connectivity index (χ0n) is 13.8. The number of alkyl halides is 3. The average molecular weight is 355 g/mol. The van der Waals surface area contributed by atoms with E-state index in [1.54, 1.807) is 24.5 Å². The number of fused-ring (bicyclic) bond motifs is 1. The standard InChI is InChI=1S/C19H14F3N4/c1-25-8-9-26-12-14(11-24-18(25)26)16-6-3-7-23-17(16)13-4-2-5-15(10-13)19(20,21)22/h2-12H,1H3/q+1. The minimum atomic E-state index is -4.40. The summed E-state index contributed by atoms with van der Waals surface area (Å²) in [5.74, 6) is 0.762. The molecule has 0 spiro atoms. The number of aryl methyl sites for hydroxylation is 1. The van der Waals surface area contributed by atoms with Gasteiger partial charge in [0.05, 0.1) is 36.3 Å². The third kappa shape index (κ3) is 2.81. The minimum Gasteiger partial charge on any atom is -0.256 e. The van der Waals surface area contributed by atoms with Crippen molar-refractivity contribution in [3.8, 4) is 22.4 Å². The molecule has 3 aromatic heterocycles. The van der Waals surface area contributed by atoms with Gasteiger partial charge in [-0.1, -0.05) is 23.2 Å². The van der Waals surface area contributed by atoms with Gasteiger partial charge in [-0.2, -0.15) is 13.2 Å². The van der Waals surface area contributed by atoms with Crippen LogP contribution in [0.3, 0.4) is 0 Å². The van der Waals surface area contributed by atoms with E-state index >= 15 is 0 Å². The highest BCUT2D eigenvalue weighted by Gasteiger charge is 2.30. The Morgan fingerprint density at radius 2 is 1.88 bits per heavy atom. The van der Waals surface area contributed by atoms with Gasteiger partial charge >= 0.3 is 12.0 Å². The Balaban J connectivity index is 1.87. The van der Waals surface area contributed by atoms with Crippen LogP contribution in [0.15, 0.2) is 67.4 Å². The van der Waals surface area contributed by atoms with Gasteiger partial charge in [0.15, 0.2) is 0 Å². The van der Waals surface area contributed by atoms with Gasteiger partial charge in [-0.15, -0.1) is 0 Å². The van der Waals surface area contributed by atoms with Crippen molar-refractivity contribution in [2.45, 2.75) is 6.18 Å². The molecule has 0 aliphatic carbocycles. The van der Waals surface area contributed by atoms with Crippen LogP contribution in [0.4, 0.5) is 13.2 Å². The lowest BCUT2D eigenvalue weighted by Crippen LogP contribution is -2.26. The molecule has 1 aromatic carbocycles. The molecule has 4 aromatic rings. The molecule has 0 aliphatic heterocycles. The number of benzene rings is 1. The summed E-state index contributed by atoms with van der Waals surface area (Å²) < 4.78 is 42.9. The number of rotatable bonds is 2. The molecule has 7 heteroatoms. The summed E-state index contributed by atoms with van der Waals surface area (Å²) in [6.07, 6.45) is 4.50. The lowest BCUT2D eigenvalue weighted by molar-refractivity contribution is -0.646. The van der Waals surface area contributed by atoms with E-state index in [1.807, 2.05) is 40.7 Å². The molecule has 0 saturated carbocycles. The second-order valence-corrected chi connectivity index (χ2v) is 5.94. The van der Waals surface area contributed by atoms with Gasteiger partial charge in [-0.25, -0.2) is 8.97 Å². The van der Waals surface area contributed by atoms with Crippen molar-refractivity contribution in [2.24, 2.45) is 7.05 Å². The predicted octanol–water partition coefficient (Wildman–Crippen LogP) is 3.91. The molecule has 0 atom stereocenters. The molecule has 0 aliphatic rings. The van der Waals surface area contributed by atoms with E-state index in [2.05, 4.69) is 9.97 Å². The molecule has 0 radical (unpaired) electrons. The molecule has 0 fully saturated rings. The van der Waals surface area contributed by atoms with E-state index in [-0.39, 0.29) is 0 Å². The topological polar surface area (TPSA) is 34.1 Å². The molecule has 0 unspecified atom stereocenters. The van der Waals surface area contributed by atoms with Gasteiger partial charge in [0.25, 0.3) is 0 Å². The first-order valence-corrected chi connectivity index (χ1v) is 7.89. The number of hydrogen-bond donors (Lipinski definition) is 0. The summed E-state index contributed by atoms with van der Waals surface area (Å²) in [7, 11) is 1.89. The van der Waals surface area contributed by atoms with Crippen molar-refractivity contribution in [3.05, 3.63) is 72.9 Å². The van der Waals surface area contributed by atoms with Crippen LogP contribution in [-0.2, 0) is 13.2 Å². The Morgan fingerprint density at radius 1 is 1.04 bits per heavy atom. The third-order valence-corrected chi connectivity index (χ3v) is 4.18. The van der Waals surface area contributed by atoms with E-state index in [1.165, 1.54) is 6.07 Å². The highest BCUT2D eigenvalue weighted by atomic mass is 19.4. The number of imidazole rings is 1. The molecule has 0 saturated heterocycles. The van der Waals surface area contributed by atoms with Gasteiger partial charge in [0.2, 0.25) is 0 Å². The van der Waals surface area contributed by atoms with Gasteiger partial charge in [-0.05, 0) is 18.2 Å². The van der Waals surface area contributed by atoms with Crippen LogP contribution in [0.1, 0.15) is 5.56 Å². The Kier molecular flexibility index (Phi) is 3.72. The second kappa shape index (κ2) is 5.94. The maximum atomic E-state index is 13.0. The van der Waals surface area contributed by atoms with Crippen molar-refractivity contribution >= 4 is 5.78 Å². The molecule has 4 rings (SSSR count).